The van der Waals surface area contributed by atoms with Crippen LogP contribution in [0.4, 0.5) is 0 Å². The second-order valence-electron chi connectivity index (χ2n) is 10.4. The Hall–Kier alpha value is -4.46. The largest absolute Gasteiger partial charge is 0.497 e. The average Bonchev–Trinajstić information content (AvgIpc) is 3.70. The summed E-state index contributed by atoms with van der Waals surface area (Å²) >= 11 is 0. The van der Waals surface area contributed by atoms with E-state index in [1.807, 2.05) is 71.3 Å². The second-order valence-corrected chi connectivity index (χ2v) is 10.4. The SMILES string of the molecule is COc1ccc2oc(C(=O)N3CC[C@H]4CN(C(=O)c5cc(OCc6ccccc6)c(OC)cc5C)C[C@H]43)cc2c1. The molecule has 4 aromatic rings. The summed E-state index contributed by atoms with van der Waals surface area (Å²) < 4.78 is 22.8. The van der Waals surface area contributed by atoms with Crippen molar-refractivity contribution in [3.8, 4) is 17.2 Å². The molecule has 2 aliphatic heterocycles. The molecule has 0 spiro atoms. The van der Waals surface area contributed by atoms with Crippen molar-refractivity contribution >= 4 is 22.8 Å². The summed E-state index contributed by atoms with van der Waals surface area (Å²) in [6.07, 6.45) is 0.848. The summed E-state index contributed by atoms with van der Waals surface area (Å²) in [6.45, 7) is 4.01. The molecule has 2 atom stereocenters. The summed E-state index contributed by atoms with van der Waals surface area (Å²) in [5.74, 6) is 2.14. The van der Waals surface area contributed by atoms with Crippen LogP contribution in [0.15, 0.2) is 71.1 Å². The minimum absolute atomic E-state index is 0.0495. The van der Waals surface area contributed by atoms with E-state index < -0.39 is 0 Å². The maximum absolute atomic E-state index is 13.7. The molecule has 0 saturated carbocycles. The van der Waals surface area contributed by atoms with Crippen LogP contribution >= 0.6 is 0 Å². The van der Waals surface area contributed by atoms with E-state index in [1.54, 1.807) is 26.4 Å². The minimum Gasteiger partial charge on any atom is -0.497 e. The number of hydrogen-bond donors (Lipinski definition) is 0. The molecule has 0 aliphatic carbocycles. The van der Waals surface area contributed by atoms with Gasteiger partial charge in [-0.25, -0.2) is 0 Å². The van der Waals surface area contributed by atoms with Crippen molar-refractivity contribution in [3.05, 3.63) is 89.2 Å². The van der Waals surface area contributed by atoms with E-state index in [4.69, 9.17) is 18.6 Å². The molecular formula is C32H32N2O6. The predicted octanol–water partition coefficient (Wildman–Crippen LogP) is 5.32. The Morgan fingerprint density at radius 1 is 0.925 bits per heavy atom. The van der Waals surface area contributed by atoms with Gasteiger partial charge in [0.1, 0.15) is 17.9 Å². The van der Waals surface area contributed by atoms with E-state index in [2.05, 4.69) is 0 Å². The summed E-state index contributed by atoms with van der Waals surface area (Å²) in [6, 6.07) is 20.7. The Morgan fingerprint density at radius 2 is 1.75 bits per heavy atom. The highest BCUT2D eigenvalue weighted by atomic mass is 16.5. The molecule has 6 rings (SSSR count). The molecule has 3 aromatic carbocycles. The van der Waals surface area contributed by atoms with Gasteiger partial charge >= 0.3 is 0 Å². The third-order valence-corrected chi connectivity index (χ3v) is 8.01. The highest BCUT2D eigenvalue weighted by molar-refractivity contribution is 5.98. The number of ether oxygens (including phenoxy) is 3. The van der Waals surface area contributed by atoms with E-state index in [9.17, 15) is 9.59 Å². The van der Waals surface area contributed by atoms with E-state index in [0.29, 0.717) is 60.4 Å². The highest BCUT2D eigenvalue weighted by Gasteiger charge is 2.45. The molecule has 3 heterocycles. The number of carbonyl (C=O) groups excluding carboxylic acids is 2. The van der Waals surface area contributed by atoms with Crippen LogP contribution in [0.2, 0.25) is 0 Å². The molecule has 8 nitrogen and oxygen atoms in total. The van der Waals surface area contributed by atoms with Crippen molar-refractivity contribution in [1.29, 1.82) is 0 Å². The fourth-order valence-corrected chi connectivity index (χ4v) is 5.84. The number of fused-ring (bicyclic) bond motifs is 2. The van der Waals surface area contributed by atoms with Gasteiger partial charge in [-0.15, -0.1) is 0 Å². The molecule has 2 fully saturated rings. The number of benzene rings is 3. The molecule has 0 N–H and O–H groups in total. The number of likely N-dealkylation sites (tertiary alicyclic amines) is 2. The van der Waals surface area contributed by atoms with Crippen LogP contribution in [0.5, 0.6) is 17.2 Å². The van der Waals surface area contributed by atoms with Crippen LogP contribution in [0, 0.1) is 12.8 Å². The lowest BCUT2D eigenvalue weighted by Gasteiger charge is -2.24. The van der Waals surface area contributed by atoms with Gasteiger partial charge in [0, 0.05) is 36.5 Å². The second kappa shape index (κ2) is 10.6. The first kappa shape index (κ1) is 25.8. The molecule has 2 saturated heterocycles. The molecule has 2 amide bonds. The Kier molecular flexibility index (Phi) is 6.84. The van der Waals surface area contributed by atoms with Crippen molar-refractivity contribution in [2.75, 3.05) is 33.9 Å². The summed E-state index contributed by atoms with van der Waals surface area (Å²) in [5, 5.41) is 0.821. The average molecular weight is 541 g/mol. The van der Waals surface area contributed by atoms with E-state index in [0.717, 1.165) is 22.9 Å². The number of hydrogen-bond acceptors (Lipinski definition) is 6. The third-order valence-electron chi connectivity index (χ3n) is 8.01. The van der Waals surface area contributed by atoms with Crippen LogP contribution in [-0.4, -0.2) is 61.5 Å². The Balaban J connectivity index is 1.18. The summed E-state index contributed by atoms with van der Waals surface area (Å²) in [5.41, 5.74) is 3.06. The monoisotopic (exact) mass is 540 g/mol. The Morgan fingerprint density at radius 3 is 2.52 bits per heavy atom. The zero-order valence-corrected chi connectivity index (χ0v) is 22.9. The number of aryl methyl sites for hydroxylation is 1. The smallest absolute Gasteiger partial charge is 0.289 e. The van der Waals surface area contributed by atoms with Crippen molar-refractivity contribution in [2.45, 2.75) is 26.0 Å². The van der Waals surface area contributed by atoms with Crippen LogP contribution in [-0.2, 0) is 6.61 Å². The van der Waals surface area contributed by atoms with Gasteiger partial charge in [0.2, 0.25) is 0 Å². The third kappa shape index (κ3) is 4.74. The van der Waals surface area contributed by atoms with Crippen molar-refractivity contribution < 1.29 is 28.2 Å². The molecular weight excluding hydrogens is 508 g/mol. The fourth-order valence-electron chi connectivity index (χ4n) is 5.84. The Bertz CT molecular complexity index is 1560. The highest BCUT2D eigenvalue weighted by Crippen LogP contribution is 2.36. The van der Waals surface area contributed by atoms with E-state index in [1.165, 1.54) is 0 Å². The topological polar surface area (TPSA) is 81.5 Å². The lowest BCUT2D eigenvalue weighted by molar-refractivity contribution is 0.0667. The molecule has 40 heavy (non-hydrogen) atoms. The van der Waals surface area contributed by atoms with Gasteiger partial charge < -0.3 is 28.4 Å². The van der Waals surface area contributed by atoms with Gasteiger partial charge in [0.15, 0.2) is 17.3 Å². The maximum atomic E-state index is 13.7. The lowest BCUT2D eigenvalue weighted by atomic mass is 10.0. The van der Waals surface area contributed by atoms with Crippen LogP contribution in [0.1, 0.15) is 38.5 Å². The predicted molar refractivity (Wildman–Crippen MR) is 150 cm³/mol. The minimum atomic E-state index is -0.144. The van der Waals surface area contributed by atoms with Crippen LogP contribution in [0.3, 0.4) is 0 Å². The number of methoxy groups -OCH3 is 2. The van der Waals surface area contributed by atoms with Crippen molar-refractivity contribution in [2.24, 2.45) is 5.92 Å². The Labute approximate surface area is 233 Å². The lowest BCUT2D eigenvalue weighted by Crippen LogP contribution is -2.40. The van der Waals surface area contributed by atoms with E-state index in [-0.39, 0.29) is 23.8 Å². The summed E-state index contributed by atoms with van der Waals surface area (Å²) in [7, 11) is 3.20. The van der Waals surface area contributed by atoms with Gasteiger partial charge in [0.05, 0.1) is 20.3 Å². The molecule has 0 bridgehead atoms. The zero-order chi connectivity index (χ0) is 27.8. The molecule has 1 aromatic heterocycles. The number of amides is 2. The molecule has 8 heteroatoms. The number of furan rings is 1. The zero-order valence-electron chi connectivity index (χ0n) is 22.9. The van der Waals surface area contributed by atoms with Crippen molar-refractivity contribution in [1.82, 2.24) is 9.80 Å². The number of carbonyl (C=O) groups is 2. The number of rotatable bonds is 7. The molecule has 0 unspecified atom stereocenters. The van der Waals surface area contributed by atoms with Gasteiger partial charge in [0.25, 0.3) is 11.8 Å². The first-order chi connectivity index (χ1) is 19.4. The van der Waals surface area contributed by atoms with Gasteiger partial charge in [-0.05, 0) is 60.9 Å². The summed E-state index contributed by atoms with van der Waals surface area (Å²) in [4.78, 5) is 30.9. The van der Waals surface area contributed by atoms with E-state index >= 15 is 0 Å². The fraction of sp³-hybridized carbons (Fsp3) is 0.312. The van der Waals surface area contributed by atoms with Gasteiger partial charge in [-0.2, -0.15) is 0 Å². The van der Waals surface area contributed by atoms with Crippen LogP contribution in [0.25, 0.3) is 11.0 Å². The maximum Gasteiger partial charge on any atom is 0.289 e. The standard InChI is InChI=1S/C32H32N2O6/c1-20-13-28(38-3)29(39-19-21-7-5-4-6-8-21)16-25(20)31(35)33-17-22-11-12-34(26(22)18-33)32(36)30-15-23-14-24(37-2)9-10-27(23)40-30/h4-10,13-16,22,26H,11-12,17-19H2,1-3H3/t22-,26+/m0/s1. The van der Waals surface area contributed by atoms with Gasteiger partial charge in [-0.3, -0.25) is 9.59 Å². The molecule has 2 aliphatic rings. The van der Waals surface area contributed by atoms with Gasteiger partial charge in [-0.1, -0.05) is 30.3 Å². The molecule has 206 valence electrons. The first-order valence-electron chi connectivity index (χ1n) is 13.5. The molecule has 0 radical (unpaired) electrons. The number of nitrogens with zero attached hydrogens (tertiary/aromatic N) is 2. The quantitative estimate of drug-likeness (QED) is 0.316. The first-order valence-corrected chi connectivity index (χ1v) is 13.5. The van der Waals surface area contributed by atoms with Crippen molar-refractivity contribution in [3.63, 3.8) is 0 Å². The normalized spacial score (nSPS) is 18.2. The van der Waals surface area contributed by atoms with Crippen LogP contribution < -0.4 is 14.2 Å².